The van der Waals surface area contributed by atoms with Gasteiger partial charge in [0.15, 0.2) is 11.5 Å². The Kier molecular flexibility index (Phi) is 5.80. The second kappa shape index (κ2) is 8.71. The number of pyridine rings is 1. The number of aliphatic hydroxyl groups is 1. The first-order chi connectivity index (χ1) is 15.8. The molecule has 1 aliphatic heterocycles. The number of hydrogen-bond donors (Lipinski definition) is 1. The van der Waals surface area contributed by atoms with E-state index in [1.165, 1.54) is 11.1 Å². The molecule has 6 heteroatoms. The van der Waals surface area contributed by atoms with Gasteiger partial charge in [0.25, 0.3) is 5.91 Å². The Morgan fingerprint density at radius 2 is 1.73 bits per heavy atom. The highest BCUT2D eigenvalue weighted by atomic mass is 16.3. The Bertz CT molecular complexity index is 1280. The first kappa shape index (κ1) is 22.0. The van der Waals surface area contributed by atoms with E-state index in [0.29, 0.717) is 22.6 Å². The van der Waals surface area contributed by atoms with Crippen molar-refractivity contribution in [3.63, 3.8) is 0 Å². The Morgan fingerprint density at radius 1 is 1.06 bits per heavy atom. The van der Waals surface area contributed by atoms with Gasteiger partial charge in [-0.2, -0.15) is 5.26 Å². The monoisotopic (exact) mass is 437 g/mol. The van der Waals surface area contributed by atoms with Crippen LogP contribution in [0.15, 0.2) is 78.2 Å². The number of aliphatic hydroxyl groups excluding tert-OH is 1. The second-order valence-electron chi connectivity index (χ2n) is 8.37. The van der Waals surface area contributed by atoms with Crippen LogP contribution < -0.4 is 4.90 Å². The number of benzene rings is 2. The van der Waals surface area contributed by atoms with Crippen molar-refractivity contribution in [1.29, 1.82) is 5.26 Å². The van der Waals surface area contributed by atoms with Crippen LogP contribution in [0, 0.1) is 18.3 Å². The molecule has 0 saturated heterocycles. The van der Waals surface area contributed by atoms with Crippen molar-refractivity contribution in [3.05, 3.63) is 106 Å². The summed E-state index contributed by atoms with van der Waals surface area (Å²) < 4.78 is 0. The molecule has 3 aromatic rings. The number of amides is 1. The molecule has 0 spiro atoms. The van der Waals surface area contributed by atoms with Crippen molar-refractivity contribution in [2.45, 2.75) is 32.7 Å². The van der Waals surface area contributed by atoms with E-state index in [1.807, 2.05) is 49.4 Å². The molecule has 0 radical (unpaired) electrons. The maximum absolute atomic E-state index is 13.5. The zero-order chi connectivity index (χ0) is 23.7. The molecule has 1 aliphatic rings. The Labute approximate surface area is 192 Å². The average Bonchev–Trinajstić information content (AvgIpc) is 3.09. The highest BCUT2D eigenvalue weighted by Crippen LogP contribution is 2.41. The maximum Gasteiger partial charge on any atom is 0.295 e. The largest absolute Gasteiger partial charge is 0.503 e. The fourth-order valence-corrected chi connectivity index (χ4v) is 3.91. The average molecular weight is 437 g/mol. The molecule has 33 heavy (non-hydrogen) atoms. The highest BCUT2D eigenvalue weighted by Gasteiger charge is 2.45. The predicted octanol–water partition coefficient (Wildman–Crippen LogP) is 5.17. The molecule has 1 aromatic heterocycles. The van der Waals surface area contributed by atoms with E-state index in [2.05, 4.69) is 18.8 Å². The summed E-state index contributed by atoms with van der Waals surface area (Å²) in [5.74, 6) is -1.16. The number of nitriles is 1. The number of anilines is 1. The van der Waals surface area contributed by atoms with E-state index < -0.39 is 23.5 Å². The molecule has 1 amide bonds. The molecule has 2 aromatic carbocycles. The van der Waals surface area contributed by atoms with E-state index in [0.717, 1.165) is 11.1 Å². The van der Waals surface area contributed by atoms with Crippen LogP contribution in [0.3, 0.4) is 0 Å². The number of rotatable bonds is 5. The number of carbonyl (C=O) groups is 2. The molecule has 2 heterocycles. The summed E-state index contributed by atoms with van der Waals surface area (Å²) >= 11 is 0. The Morgan fingerprint density at radius 3 is 2.27 bits per heavy atom. The third-order valence-corrected chi connectivity index (χ3v) is 5.81. The minimum atomic E-state index is -0.854. The predicted molar refractivity (Wildman–Crippen MR) is 125 cm³/mol. The summed E-state index contributed by atoms with van der Waals surface area (Å²) in [6.07, 6.45) is 1.36. The summed E-state index contributed by atoms with van der Waals surface area (Å²) in [6.45, 7) is 6.08. The van der Waals surface area contributed by atoms with E-state index in [1.54, 1.807) is 24.3 Å². The van der Waals surface area contributed by atoms with Crippen molar-refractivity contribution in [2.24, 2.45) is 0 Å². The lowest BCUT2D eigenvalue weighted by Gasteiger charge is -2.26. The smallest absolute Gasteiger partial charge is 0.295 e. The molecule has 1 unspecified atom stereocenters. The number of aryl methyl sites for hydroxylation is 1. The third-order valence-electron chi connectivity index (χ3n) is 5.81. The van der Waals surface area contributed by atoms with Gasteiger partial charge in [0, 0.05) is 11.8 Å². The SMILES string of the molecule is Cc1ccc(C(=O)C2=C(O)C(=O)N(c3ccc(C#N)cn3)C2c2ccc(C(C)C)cc2)cc1. The lowest BCUT2D eigenvalue weighted by atomic mass is 9.91. The molecule has 0 fully saturated rings. The Hall–Kier alpha value is -4.24. The van der Waals surface area contributed by atoms with Gasteiger partial charge in [-0.25, -0.2) is 4.98 Å². The van der Waals surface area contributed by atoms with Gasteiger partial charge in [-0.15, -0.1) is 0 Å². The minimum absolute atomic E-state index is 0.00677. The van der Waals surface area contributed by atoms with Gasteiger partial charge in [-0.3, -0.25) is 14.5 Å². The fraction of sp³-hybridized carbons (Fsp3) is 0.185. The molecule has 164 valence electrons. The molecule has 0 saturated carbocycles. The van der Waals surface area contributed by atoms with Gasteiger partial charge >= 0.3 is 0 Å². The van der Waals surface area contributed by atoms with Crippen molar-refractivity contribution in [1.82, 2.24) is 4.98 Å². The lowest BCUT2D eigenvalue weighted by Crippen LogP contribution is -2.31. The van der Waals surface area contributed by atoms with Gasteiger partial charge < -0.3 is 5.11 Å². The summed E-state index contributed by atoms with van der Waals surface area (Å²) in [7, 11) is 0. The van der Waals surface area contributed by atoms with Gasteiger partial charge in [-0.05, 0) is 36.1 Å². The Balaban J connectivity index is 1.85. The molecule has 4 rings (SSSR count). The fourth-order valence-electron chi connectivity index (χ4n) is 3.91. The van der Waals surface area contributed by atoms with Crippen molar-refractivity contribution in [2.75, 3.05) is 4.90 Å². The van der Waals surface area contributed by atoms with Crippen LogP contribution in [0.1, 0.15) is 58.4 Å². The van der Waals surface area contributed by atoms with Crippen LogP contribution in [-0.4, -0.2) is 21.8 Å². The summed E-state index contributed by atoms with van der Waals surface area (Å²) in [5.41, 5.74) is 3.53. The van der Waals surface area contributed by atoms with Crippen LogP contribution in [-0.2, 0) is 4.79 Å². The van der Waals surface area contributed by atoms with Crippen molar-refractivity contribution < 1.29 is 14.7 Å². The van der Waals surface area contributed by atoms with Gasteiger partial charge in [0.1, 0.15) is 11.9 Å². The number of nitrogens with zero attached hydrogens (tertiary/aromatic N) is 3. The summed E-state index contributed by atoms with van der Waals surface area (Å²) in [5, 5.41) is 19.9. The number of hydrogen-bond acceptors (Lipinski definition) is 5. The van der Waals surface area contributed by atoms with Crippen molar-refractivity contribution >= 4 is 17.5 Å². The van der Waals surface area contributed by atoms with Crippen molar-refractivity contribution in [3.8, 4) is 6.07 Å². The van der Waals surface area contributed by atoms with Gasteiger partial charge in [0.2, 0.25) is 0 Å². The molecule has 6 nitrogen and oxygen atoms in total. The van der Waals surface area contributed by atoms with Gasteiger partial charge in [0.05, 0.1) is 17.2 Å². The number of ketones is 1. The third kappa shape index (κ3) is 4.01. The number of Topliss-reactive ketones (excluding diaryl/α,β-unsaturated/α-hetero) is 1. The first-order valence-electron chi connectivity index (χ1n) is 10.7. The normalized spacial score (nSPS) is 15.8. The van der Waals surface area contributed by atoms with E-state index >= 15 is 0 Å². The molecule has 1 N–H and O–H groups in total. The molecular formula is C27H23N3O3. The first-order valence-corrected chi connectivity index (χ1v) is 10.7. The van der Waals surface area contributed by atoms with Crippen LogP contribution in [0.5, 0.6) is 0 Å². The van der Waals surface area contributed by atoms with E-state index in [9.17, 15) is 14.7 Å². The lowest BCUT2D eigenvalue weighted by molar-refractivity contribution is -0.117. The molecule has 1 atom stereocenters. The molecule has 0 aliphatic carbocycles. The van der Waals surface area contributed by atoms with Crippen LogP contribution in [0.2, 0.25) is 0 Å². The van der Waals surface area contributed by atoms with E-state index in [-0.39, 0.29) is 11.4 Å². The topological polar surface area (TPSA) is 94.3 Å². The summed E-state index contributed by atoms with van der Waals surface area (Å²) in [4.78, 5) is 32.2. The van der Waals surface area contributed by atoms with Crippen LogP contribution >= 0.6 is 0 Å². The minimum Gasteiger partial charge on any atom is -0.503 e. The second-order valence-corrected chi connectivity index (χ2v) is 8.37. The maximum atomic E-state index is 13.5. The van der Waals surface area contributed by atoms with Crippen LogP contribution in [0.4, 0.5) is 5.82 Å². The zero-order valence-electron chi connectivity index (χ0n) is 18.6. The highest BCUT2D eigenvalue weighted by molar-refractivity contribution is 6.20. The van der Waals surface area contributed by atoms with E-state index in [4.69, 9.17) is 5.26 Å². The van der Waals surface area contributed by atoms with Crippen LogP contribution in [0.25, 0.3) is 0 Å². The quantitative estimate of drug-likeness (QED) is 0.556. The zero-order valence-corrected chi connectivity index (χ0v) is 18.6. The van der Waals surface area contributed by atoms with Gasteiger partial charge in [-0.1, -0.05) is 67.9 Å². The standard InChI is InChI=1S/C27H23N3O3/c1-16(2)19-9-11-20(12-10-19)24-23(25(31)21-7-4-17(3)5-8-21)26(32)27(33)30(24)22-13-6-18(14-28)15-29-22/h4-13,15-16,24,32H,1-3H3. The summed E-state index contributed by atoms with van der Waals surface area (Å²) in [6, 6.07) is 18.9. The molecule has 0 bridgehead atoms. The number of carbonyl (C=O) groups excluding carboxylic acids is 2. The molecular weight excluding hydrogens is 414 g/mol. The number of aromatic nitrogens is 1.